The average Bonchev–Trinajstić information content (AvgIpc) is 2.46. The van der Waals surface area contributed by atoms with E-state index in [1.54, 1.807) is 12.1 Å². The van der Waals surface area contributed by atoms with Crippen molar-refractivity contribution in [3.8, 4) is 5.75 Å². The predicted octanol–water partition coefficient (Wildman–Crippen LogP) is 4.10. The summed E-state index contributed by atoms with van der Waals surface area (Å²) in [6, 6.07) is 16.3. The fourth-order valence-electron chi connectivity index (χ4n) is 1.79. The van der Waals surface area contributed by atoms with E-state index in [2.05, 4.69) is 12.2 Å². The van der Waals surface area contributed by atoms with Gasteiger partial charge in [-0.3, -0.25) is 0 Å². The second-order valence-corrected chi connectivity index (χ2v) is 4.32. The van der Waals surface area contributed by atoms with E-state index in [0.717, 1.165) is 12.2 Å². The zero-order valence-corrected chi connectivity index (χ0v) is 11.0. The Hall–Kier alpha value is -2.03. The Morgan fingerprint density at radius 1 is 1.05 bits per heavy atom. The van der Waals surface area contributed by atoms with Gasteiger partial charge in [0.15, 0.2) is 0 Å². The van der Waals surface area contributed by atoms with E-state index < -0.39 is 0 Å². The molecule has 0 amide bonds. The molecule has 100 valence electrons. The van der Waals surface area contributed by atoms with Gasteiger partial charge in [-0.1, -0.05) is 37.3 Å². The first-order chi connectivity index (χ1) is 9.29. The Morgan fingerprint density at radius 2 is 1.74 bits per heavy atom. The monoisotopic (exact) mass is 259 g/mol. The lowest BCUT2D eigenvalue weighted by Gasteiger charge is -2.19. The Labute approximate surface area is 113 Å². The Morgan fingerprint density at radius 3 is 2.42 bits per heavy atom. The highest BCUT2D eigenvalue weighted by atomic mass is 19.1. The van der Waals surface area contributed by atoms with Crippen molar-refractivity contribution in [3.05, 3.63) is 60.4 Å². The predicted molar refractivity (Wildman–Crippen MR) is 76.0 cm³/mol. The maximum Gasteiger partial charge on any atom is 0.146 e. The molecule has 19 heavy (non-hydrogen) atoms. The zero-order valence-electron chi connectivity index (χ0n) is 11.0. The van der Waals surface area contributed by atoms with Gasteiger partial charge in [0, 0.05) is 0 Å². The zero-order chi connectivity index (χ0) is 13.5. The minimum Gasteiger partial charge on any atom is -0.489 e. The Kier molecular flexibility index (Phi) is 4.78. The minimum absolute atomic E-state index is 0.0157. The van der Waals surface area contributed by atoms with Crippen molar-refractivity contribution in [2.75, 3.05) is 11.9 Å². The molecule has 0 fully saturated rings. The van der Waals surface area contributed by atoms with Gasteiger partial charge in [-0.05, 0) is 30.7 Å². The van der Waals surface area contributed by atoms with Crippen LogP contribution in [-0.4, -0.2) is 12.6 Å². The summed E-state index contributed by atoms with van der Waals surface area (Å²) in [6.07, 6.45) is 0.873. The molecular formula is C16H18FNO. The second-order valence-electron chi connectivity index (χ2n) is 4.32. The van der Waals surface area contributed by atoms with Crippen LogP contribution in [0.1, 0.15) is 13.3 Å². The molecule has 1 atom stereocenters. The van der Waals surface area contributed by atoms with Gasteiger partial charge in [-0.15, -0.1) is 0 Å². The summed E-state index contributed by atoms with van der Waals surface area (Å²) in [4.78, 5) is 0. The van der Waals surface area contributed by atoms with Crippen molar-refractivity contribution < 1.29 is 9.13 Å². The van der Waals surface area contributed by atoms with Crippen LogP contribution in [0.15, 0.2) is 54.6 Å². The fraction of sp³-hybridized carbons (Fsp3) is 0.250. The largest absolute Gasteiger partial charge is 0.489 e. The van der Waals surface area contributed by atoms with Crippen molar-refractivity contribution in [1.82, 2.24) is 0 Å². The number of hydrogen-bond donors (Lipinski definition) is 1. The standard InChI is InChI=1S/C16H18FNO/c1-2-13(19-14-8-4-3-5-9-14)12-18-16-11-7-6-10-15(16)17/h3-11,13,18H,2,12H2,1H3. The van der Waals surface area contributed by atoms with Gasteiger partial charge in [0.25, 0.3) is 0 Å². The van der Waals surface area contributed by atoms with Crippen LogP contribution in [0.5, 0.6) is 5.75 Å². The molecule has 0 aliphatic rings. The highest BCUT2D eigenvalue weighted by molar-refractivity contribution is 5.44. The fourth-order valence-corrected chi connectivity index (χ4v) is 1.79. The smallest absolute Gasteiger partial charge is 0.146 e. The van der Waals surface area contributed by atoms with Crippen molar-refractivity contribution in [3.63, 3.8) is 0 Å². The van der Waals surface area contributed by atoms with Crippen molar-refractivity contribution >= 4 is 5.69 Å². The number of rotatable bonds is 6. The molecule has 0 spiro atoms. The van der Waals surface area contributed by atoms with Gasteiger partial charge < -0.3 is 10.1 Å². The lowest BCUT2D eigenvalue weighted by Crippen LogP contribution is -2.25. The van der Waals surface area contributed by atoms with Gasteiger partial charge >= 0.3 is 0 Å². The number of para-hydroxylation sites is 2. The number of benzene rings is 2. The summed E-state index contributed by atoms with van der Waals surface area (Å²) < 4.78 is 19.3. The normalized spacial score (nSPS) is 11.9. The van der Waals surface area contributed by atoms with Crippen LogP contribution in [-0.2, 0) is 0 Å². The lowest BCUT2D eigenvalue weighted by molar-refractivity contribution is 0.210. The van der Waals surface area contributed by atoms with Gasteiger partial charge in [-0.25, -0.2) is 4.39 Å². The molecule has 1 N–H and O–H groups in total. The van der Waals surface area contributed by atoms with Gasteiger partial charge in [0.05, 0.1) is 12.2 Å². The summed E-state index contributed by atoms with van der Waals surface area (Å²) in [5.74, 6) is 0.599. The number of halogens is 1. The molecule has 0 saturated carbocycles. The molecule has 0 saturated heterocycles. The third-order valence-electron chi connectivity index (χ3n) is 2.90. The highest BCUT2D eigenvalue weighted by Gasteiger charge is 2.09. The van der Waals surface area contributed by atoms with Crippen LogP contribution in [0.25, 0.3) is 0 Å². The molecule has 2 aromatic carbocycles. The molecule has 0 aliphatic carbocycles. The number of nitrogens with one attached hydrogen (secondary N) is 1. The highest BCUT2D eigenvalue weighted by Crippen LogP contribution is 2.15. The second kappa shape index (κ2) is 6.78. The van der Waals surface area contributed by atoms with Gasteiger partial charge in [0.1, 0.15) is 17.7 Å². The van der Waals surface area contributed by atoms with Crippen LogP contribution in [0.4, 0.5) is 10.1 Å². The van der Waals surface area contributed by atoms with E-state index in [4.69, 9.17) is 4.74 Å². The van der Waals surface area contributed by atoms with Crippen molar-refractivity contribution in [1.29, 1.82) is 0 Å². The quantitative estimate of drug-likeness (QED) is 0.843. The van der Waals surface area contributed by atoms with E-state index in [9.17, 15) is 4.39 Å². The average molecular weight is 259 g/mol. The molecule has 2 aromatic rings. The third-order valence-corrected chi connectivity index (χ3v) is 2.90. The van der Waals surface area contributed by atoms with Crippen LogP contribution in [0.3, 0.4) is 0 Å². The lowest BCUT2D eigenvalue weighted by atomic mass is 10.2. The van der Waals surface area contributed by atoms with Crippen LogP contribution in [0, 0.1) is 5.82 Å². The molecule has 0 aromatic heterocycles. The van der Waals surface area contributed by atoms with Gasteiger partial charge in [-0.2, -0.15) is 0 Å². The summed E-state index contributed by atoms with van der Waals surface area (Å²) in [5.41, 5.74) is 0.512. The summed E-state index contributed by atoms with van der Waals surface area (Å²) in [7, 11) is 0. The number of hydrogen-bond acceptors (Lipinski definition) is 2. The van der Waals surface area contributed by atoms with Crippen LogP contribution < -0.4 is 10.1 Å². The summed E-state index contributed by atoms with van der Waals surface area (Å²) in [6.45, 7) is 2.63. The molecule has 3 heteroatoms. The maximum absolute atomic E-state index is 13.5. The molecule has 2 nitrogen and oxygen atoms in total. The van der Waals surface area contributed by atoms with E-state index >= 15 is 0 Å². The van der Waals surface area contributed by atoms with Crippen LogP contribution in [0.2, 0.25) is 0 Å². The van der Waals surface area contributed by atoms with Gasteiger partial charge in [0.2, 0.25) is 0 Å². The first-order valence-corrected chi connectivity index (χ1v) is 6.49. The van der Waals surface area contributed by atoms with E-state index in [1.807, 2.05) is 36.4 Å². The summed E-state index contributed by atoms with van der Waals surface area (Å²) in [5, 5.41) is 3.08. The maximum atomic E-state index is 13.5. The van der Waals surface area contributed by atoms with E-state index in [-0.39, 0.29) is 11.9 Å². The minimum atomic E-state index is -0.239. The Bertz CT molecular complexity index is 501. The SMILES string of the molecule is CCC(CNc1ccccc1F)Oc1ccccc1. The third kappa shape index (κ3) is 3.98. The van der Waals surface area contributed by atoms with E-state index in [1.165, 1.54) is 6.07 Å². The molecule has 0 heterocycles. The van der Waals surface area contributed by atoms with E-state index in [0.29, 0.717) is 12.2 Å². The summed E-state index contributed by atoms with van der Waals surface area (Å²) >= 11 is 0. The molecule has 0 aliphatic heterocycles. The number of ether oxygens (including phenoxy) is 1. The molecule has 0 bridgehead atoms. The van der Waals surface area contributed by atoms with Crippen molar-refractivity contribution in [2.24, 2.45) is 0 Å². The Balaban J connectivity index is 1.91. The topological polar surface area (TPSA) is 21.3 Å². The molecule has 1 unspecified atom stereocenters. The molecule has 0 radical (unpaired) electrons. The number of anilines is 1. The van der Waals surface area contributed by atoms with Crippen molar-refractivity contribution in [2.45, 2.75) is 19.4 Å². The first-order valence-electron chi connectivity index (χ1n) is 6.49. The molecule has 2 rings (SSSR count). The van der Waals surface area contributed by atoms with Crippen LogP contribution >= 0.6 is 0 Å². The first kappa shape index (κ1) is 13.4. The molecular weight excluding hydrogens is 241 g/mol.